The molecule has 0 amide bonds. The number of hydrogen-bond donors (Lipinski definition) is 3. The van der Waals surface area contributed by atoms with Crippen LogP contribution >= 0.6 is 0 Å². The standard InChI is InChI=1S/C4H5NO6S/c6-3-1-2-4(7)5(3)12(9,10)11-8/h1-2,6-8H. The molecule has 0 fully saturated rings. The Morgan fingerprint density at radius 2 is 1.67 bits per heavy atom. The lowest BCUT2D eigenvalue weighted by Gasteiger charge is -2.02. The van der Waals surface area contributed by atoms with Crippen LogP contribution < -0.4 is 0 Å². The summed E-state index contributed by atoms with van der Waals surface area (Å²) in [7, 11) is -4.54. The Balaban J connectivity index is 3.37. The van der Waals surface area contributed by atoms with E-state index in [0.29, 0.717) is 0 Å². The lowest BCUT2D eigenvalue weighted by atomic mass is 10.6. The zero-order valence-electron chi connectivity index (χ0n) is 5.58. The van der Waals surface area contributed by atoms with Crippen LogP contribution in [0.25, 0.3) is 0 Å². The molecule has 0 saturated carbocycles. The molecular formula is C4H5NO6S. The van der Waals surface area contributed by atoms with Gasteiger partial charge in [-0.15, -0.1) is 0 Å². The van der Waals surface area contributed by atoms with Gasteiger partial charge in [-0.25, -0.2) is 5.26 Å². The predicted octanol–water partition coefficient (Wildman–Crippen LogP) is -0.518. The fourth-order valence-electron chi connectivity index (χ4n) is 0.664. The summed E-state index contributed by atoms with van der Waals surface area (Å²) in [5.41, 5.74) is 0. The first-order valence-corrected chi connectivity index (χ1v) is 4.04. The molecule has 1 heterocycles. The monoisotopic (exact) mass is 195 g/mol. The highest BCUT2D eigenvalue weighted by molar-refractivity contribution is 7.85. The molecule has 0 aromatic carbocycles. The van der Waals surface area contributed by atoms with E-state index < -0.39 is 22.1 Å². The first-order chi connectivity index (χ1) is 5.49. The SMILES string of the molecule is O=S(=O)(OO)n1c(O)ccc1O. The lowest BCUT2D eigenvalue weighted by Crippen LogP contribution is -2.12. The van der Waals surface area contributed by atoms with Crippen molar-refractivity contribution in [2.45, 2.75) is 0 Å². The molecule has 0 spiro atoms. The summed E-state index contributed by atoms with van der Waals surface area (Å²) in [6.07, 6.45) is 0. The van der Waals surface area contributed by atoms with E-state index in [4.69, 9.17) is 15.5 Å². The van der Waals surface area contributed by atoms with Gasteiger partial charge in [0.1, 0.15) is 0 Å². The fraction of sp³-hybridized carbons (Fsp3) is 0. The molecule has 1 aromatic rings. The van der Waals surface area contributed by atoms with Crippen LogP contribution in [0.4, 0.5) is 0 Å². The molecule has 7 nitrogen and oxygen atoms in total. The maximum atomic E-state index is 10.7. The third kappa shape index (κ3) is 1.22. The second-order valence-corrected chi connectivity index (χ2v) is 3.22. The van der Waals surface area contributed by atoms with Crippen molar-refractivity contribution < 1.29 is 28.2 Å². The van der Waals surface area contributed by atoms with Crippen molar-refractivity contribution >= 4 is 10.3 Å². The van der Waals surface area contributed by atoms with E-state index in [0.717, 1.165) is 12.1 Å². The minimum Gasteiger partial charge on any atom is -0.494 e. The molecule has 0 aliphatic heterocycles. The summed E-state index contributed by atoms with van der Waals surface area (Å²) < 4.78 is 24.4. The van der Waals surface area contributed by atoms with Gasteiger partial charge < -0.3 is 10.2 Å². The maximum Gasteiger partial charge on any atom is 0.398 e. The molecule has 12 heavy (non-hydrogen) atoms. The summed E-state index contributed by atoms with van der Waals surface area (Å²) in [5, 5.41) is 25.5. The maximum absolute atomic E-state index is 10.7. The first-order valence-electron chi connectivity index (χ1n) is 2.67. The summed E-state index contributed by atoms with van der Waals surface area (Å²) in [6.45, 7) is 0. The van der Waals surface area contributed by atoms with Crippen molar-refractivity contribution in [1.82, 2.24) is 3.97 Å². The van der Waals surface area contributed by atoms with Crippen LogP contribution in [-0.2, 0) is 14.6 Å². The highest BCUT2D eigenvalue weighted by Gasteiger charge is 2.21. The van der Waals surface area contributed by atoms with Crippen LogP contribution in [-0.4, -0.2) is 27.9 Å². The van der Waals surface area contributed by atoms with E-state index in [1.807, 2.05) is 0 Å². The average molecular weight is 195 g/mol. The predicted molar refractivity (Wildman–Crippen MR) is 35.8 cm³/mol. The number of rotatable bonds is 2. The van der Waals surface area contributed by atoms with Crippen LogP contribution in [0, 0.1) is 0 Å². The summed E-state index contributed by atoms with van der Waals surface area (Å²) in [4.78, 5) is 0. The zero-order chi connectivity index (χ0) is 9.35. The Kier molecular flexibility index (Phi) is 1.96. The second kappa shape index (κ2) is 2.66. The molecule has 68 valence electrons. The Hall–Kier alpha value is -1.25. The molecule has 1 rings (SSSR count). The molecular weight excluding hydrogens is 190 g/mol. The van der Waals surface area contributed by atoms with Crippen LogP contribution in [0.15, 0.2) is 12.1 Å². The third-order valence-corrected chi connectivity index (χ3v) is 2.13. The smallest absolute Gasteiger partial charge is 0.398 e. The minimum atomic E-state index is -4.54. The van der Waals surface area contributed by atoms with E-state index in [1.54, 1.807) is 0 Å². The first kappa shape index (κ1) is 8.84. The Bertz CT molecular complexity index is 359. The van der Waals surface area contributed by atoms with Gasteiger partial charge in [-0.2, -0.15) is 12.4 Å². The molecule has 0 radical (unpaired) electrons. The van der Waals surface area contributed by atoms with Crippen LogP contribution in [0.2, 0.25) is 0 Å². The summed E-state index contributed by atoms with van der Waals surface area (Å²) >= 11 is 0. The van der Waals surface area contributed by atoms with Crippen molar-refractivity contribution in [2.75, 3.05) is 0 Å². The second-order valence-electron chi connectivity index (χ2n) is 1.85. The van der Waals surface area contributed by atoms with E-state index >= 15 is 0 Å². The Morgan fingerprint density at radius 3 is 2.00 bits per heavy atom. The van der Waals surface area contributed by atoms with Crippen molar-refractivity contribution in [3.63, 3.8) is 0 Å². The van der Waals surface area contributed by atoms with Crippen molar-refractivity contribution in [1.29, 1.82) is 0 Å². The van der Waals surface area contributed by atoms with Gasteiger partial charge in [-0.1, -0.05) is 4.33 Å². The number of nitrogens with zero attached hydrogens (tertiary/aromatic N) is 1. The third-order valence-electron chi connectivity index (χ3n) is 1.12. The Labute approximate surface area is 67.2 Å². The van der Waals surface area contributed by atoms with Crippen molar-refractivity contribution in [3.05, 3.63) is 12.1 Å². The van der Waals surface area contributed by atoms with Crippen molar-refractivity contribution in [2.24, 2.45) is 0 Å². The average Bonchev–Trinajstić information content (AvgIpc) is 2.31. The number of aromatic nitrogens is 1. The van der Waals surface area contributed by atoms with Crippen LogP contribution in [0.5, 0.6) is 11.8 Å². The molecule has 1 aromatic heterocycles. The molecule has 0 saturated heterocycles. The van der Waals surface area contributed by atoms with Gasteiger partial charge in [0.25, 0.3) is 0 Å². The summed E-state index contributed by atoms with van der Waals surface area (Å²) in [5.74, 6) is -1.52. The van der Waals surface area contributed by atoms with Gasteiger partial charge in [0.05, 0.1) is 0 Å². The molecule has 8 heteroatoms. The quantitative estimate of drug-likeness (QED) is 0.432. The highest BCUT2D eigenvalue weighted by Crippen LogP contribution is 2.23. The fourth-order valence-corrected chi connectivity index (χ4v) is 1.31. The summed E-state index contributed by atoms with van der Waals surface area (Å²) in [6, 6.07) is 1.85. The van der Waals surface area contributed by atoms with Gasteiger partial charge in [0.2, 0.25) is 11.8 Å². The molecule has 0 atom stereocenters. The lowest BCUT2D eigenvalue weighted by molar-refractivity contribution is -0.132. The van der Waals surface area contributed by atoms with E-state index in [1.165, 1.54) is 0 Å². The largest absolute Gasteiger partial charge is 0.494 e. The van der Waals surface area contributed by atoms with E-state index in [2.05, 4.69) is 4.33 Å². The van der Waals surface area contributed by atoms with Gasteiger partial charge in [0.15, 0.2) is 0 Å². The van der Waals surface area contributed by atoms with Gasteiger partial charge in [0, 0.05) is 12.1 Å². The topological polar surface area (TPSA) is 109 Å². The normalized spacial score (nSPS) is 11.8. The molecule has 0 aliphatic carbocycles. The van der Waals surface area contributed by atoms with Gasteiger partial charge in [-0.3, -0.25) is 0 Å². The number of hydrogen-bond acceptors (Lipinski definition) is 6. The minimum absolute atomic E-state index is 0.0208. The number of aromatic hydroxyl groups is 2. The van der Waals surface area contributed by atoms with E-state index in [9.17, 15) is 8.42 Å². The molecule has 3 N–H and O–H groups in total. The van der Waals surface area contributed by atoms with Crippen LogP contribution in [0.1, 0.15) is 0 Å². The molecule has 0 aliphatic rings. The van der Waals surface area contributed by atoms with Crippen molar-refractivity contribution in [3.8, 4) is 11.8 Å². The highest BCUT2D eigenvalue weighted by atomic mass is 32.2. The van der Waals surface area contributed by atoms with Crippen LogP contribution in [0.3, 0.4) is 0 Å². The molecule has 0 bridgehead atoms. The van der Waals surface area contributed by atoms with Gasteiger partial charge in [-0.05, 0) is 0 Å². The Morgan fingerprint density at radius 1 is 1.25 bits per heavy atom. The zero-order valence-corrected chi connectivity index (χ0v) is 6.39. The van der Waals surface area contributed by atoms with E-state index in [-0.39, 0.29) is 3.97 Å². The van der Waals surface area contributed by atoms with Gasteiger partial charge >= 0.3 is 10.3 Å². The molecule has 0 unspecified atom stereocenters.